The molecule has 10 rings (SSSR count). The van der Waals surface area contributed by atoms with Crippen molar-refractivity contribution >= 4 is 68.6 Å². The van der Waals surface area contributed by atoms with Gasteiger partial charge in [0, 0.05) is 11.1 Å². The first-order chi connectivity index (χ1) is 33.6. The summed E-state index contributed by atoms with van der Waals surface area (Å²) in [5.41, 5.74) is 2.08. The molecule has 4 aliphatic rings. The van der Waals surface area contributed by atoms with E-state index >= 15 is 0 Å². The quantitative estimate of drug-likeness (QED) is 0.120. The van der Waals surface area contributed by atoms with E-state index in [-0.39, 0.29) is 59.6 Å². The van der Waals surface area contributed by atoms with Gasteiger partial charge >= 0.3 is 6.15 Å². The Morgan fingerprint density at radius 1 is 0.718 bits per heavy atom. The van der Waals surface area contributed by atoms with Crippen LogP contribution in [0.25, 0.3) is 22.3 Å². The van der Waals surface area contributed by atoms with Crippen LogP contribution in [0.5, 0.6) is 0 Å². The highest BCUT2D eigenvalue weighted by molar-refractivity contribution is 6.74. The molecule has 4 fully saturated rings. The molecule has 4 saturated heterocycles. The number of imidazole rings is 2. The van der Waals surface area contributed by atoms with Crippen molar-refractivity contribution in [2.24, 2.45) is 0 Å². The van der Waals surface area contributed by atoms with Crippen LogP contribution in [-0.4, -0.2) is 135 Å². The molecule has 6 aromatic rings. The fourth-order valence-corrected chi connectivity index (χ4v) is 11.0. The number of rotatable bonds is 11. The van der Waals surface area contributed by atoms with Crippen LogP contribution in [0.1, 0.15) is 74.7 Å². The number of fused-ring (bicyclic) bond motifs is 6. The van der Waals surface area contributed by atoms with Crippen LogP contribution in [0.2, 0.25) is 36.3 Å². The Morgan fingerprint density at radius 2 is 1.20 bits per heavy atom. The number of hydrogen-bond acceptors (Lipinski definition) is 17. The third-order valence-electron chi connectivity index (χ3n) is 14.2. The Bertz CT molecular complexity index is 2900. The highest BCUT2D eigenvalue weighted by Gasteiger charge is 2.64. The Hall–Kier alpha value is -5.99. The van der Waals surface area contributed by atoms with Crippen LogP contribution in [-0.2, 0) is 37.4 Å². The van der Waals surface area contributed by atoms with E-state index in [4.69, 9.17) is 37.4 Å². The van der Waals surface area contributed by atoms with Gasteiger partial charge in [-0.25, -0.2) is 29.9 Å². The van der Waals surface area contributed by atoms with Crippen LogP contribution in [0.3, 0.4) is 0 Å². The Balaban J connectivity index is 0.000000181. The second-order valence-corrected chi connectivity index (χ2v) is 30.3. The summed E-state index contributed by atoms with van der Waals surface area (Å²) in [5.74, 6) is 0.109. The average molecular weight is 1010 g/mol. The normalized spacial score (nSPS) is 24.7. The monoisotopic (exact) mass is 1010 g/mol. The number of aliphatic hydroxyl groups is 1. The van der Waals surface area contributed by atoms with Crippen molar-refractivity contribution in [3.8, 4) is 0 Å². The molecular formula is C48H60N10O11Si2. The molecule has 2 unspecified atom stereocenters. The molecule has 0 spiro atoms. The minimum absolute atomic E-state index is 0.0119. The number of benzene rings is 2. The lowest BCUT2D eigenvalue weighted by molar-refractivity contribution is -0.191. The molecular weight excluding hydrogens is 949 g/mol. The molecule has 0 radical (unpaired) electrons. The maximum absolute atomic E-state index is 12.7. The highest BCUT2D eigenvalue weighted by atomic mass is 28.4. The predicted octanol–water partition coefficient (Wildman–Crippen LogP) is 6.31. The molecule has 0 aliphatic carbocycles. The first-order valence-corrected chi connectivity index (χ1v) is 29.1. The number of nitrogens with zero attached hydrogens (tertiary/aromatic N) is 8. The van der Waals surface area contributed by atoms with Gasteiger partial charge < -0.3 is 43.5 Å². The zero-order valence-corrected chi connectivity index (χ0v) is 43.4. The van der Waals surface area contributed by atoms with E-state index in [1.807, 2.05) is 28.8 Å². The van der Waals surface area contributed by atoms with E-state index in [1.54, 1.807) is 53.6 Å². The predicted molar refractivity (Wildman–Crippen MR) is 262 cm³/mol. The summed E-state index contributed by atoms with van der Waals surface area (Å²) >= 11 is 0. The first-order valence-electron chi connectivity index (χ1n) is 23.2. The van der Waals surface area contributed by atoms with E-state index in [1.165, 1.54) is 12.7 Å². The number of carbonyl (C=O) groups is 2. The standard InChI is InChI=1S/C24H31N5O5Si.C23H29N5O4Si.CO2/c1-23(2,3)35(4,5)34-18-17-22(33-24(18,11-30)12-32-17)29-14-27-16-19(25-13-26-20(16)29)28-21(31)15-9-7-6-8-10-15;1-23(2,3)33(4,5)32-17-15-11-30-18(17)22(31-15)28-13-26-16-19(24-12-25-20(16)28)27-21(29)14-9-7-6-8-10-14;2-1-3/h6-10,13-14,17-18,22,30H,11-12H2,1-5H3,(H,25,26,28,31);6-10,12-13,15,17-18,22H,11H2,1-5H3,(H,24,25,27,29);/t17?,18-,22-,24+;15-,17-,18?,22+;/m10./s1. The van der Waals surface area contributed by atoms with E-state index < -0.39 is 46.9 Å². The van der Waals surface area contributed by atoms with Crippen molar-refractivity contribution in [3.05, 3.63) is 97.1 Å². The van der Waals surface area contributed by atoms with Gasteiger partial charge in [-0.1, -0.05) is 77.9 Å². The molecule has 8 heterocycles. The Morgan fingerprint density at radius 3 is 1.68 bits per heavy atom. The minimum atomic E-state index is -2.17. The number of carbonyl (C=O) groups excluding carboxylic acids is 4. The molecule has 4 bridgehead atoms. The van der Waals surface area contributed by atoms with Gasteiger partial charge in [-0.05, 0) is 60.5 Å². The van der Waals surface area contributed by atoms with Crippen LogP contribution in [0.15, 0.2) is 86.0 Å². The largest absolute Gasteiger partial charge is 0.408 e. The summed E-state index contributed by atoms with van der Waals surface area (Å²) in [6.07, 6.45) is 3.92. The fraction of sp³-hybridized carbons (Fsp3) is 0.479. The Kier molecular flexibility index (Phi) is 14.4. The third-order valence-corrected chi connectivity index (χ3v) is 23.2. The molecule has 8 atom stereocenters. The number of nitrogens with one attached hydrogen (secondary N) is 2. The molecule has 3 N–H and O–H groups in total. The topological polar surface area (TPSA) is 255 Å². The molecule has 376 valence electrons. The number of aliphatic hydroxyl groups excluding tert-OH is 1. The van der Waals surface area contributed by atoms with Crippen molar-refractivity contribution in [2.45, 2.75) is 126 Å². The highest BCUT2D eigenvalue weighted by Crippen LogP contribution is 2.50. The van der Waals surface area contributed by atoms with Gasteiger partial charge in [-0.3, -0.25) is 18.7 Å². The van der Waals surface area contributed by atoms with Gasteiger partial charge in [-0.2, -0.15) is 9.59 Å². The molecule has 4 aliphatic heterocycles. The van der Waals surface area contributed by atoms with Gasteiger partial charge in [0.1, 0.15) is 48.8 Å². The molecule has 23 heteroatoms. The zero-order chi connectivity index (χ0) is 51.1. The van der Waals surface area contributed by atoms with Crippen LogP contribution in [0, 0.1) is 0 Å². The smallest absolute Gasteiger partial charge is 0.373 e. The van der Waals surface area contributed by atoms with Gasteiger partial charge in [0.2, 0.25) is 0 Å². The lowest BCUT2D eigenvalue weighted by Gasteiger charge is -2.40. The van der Waals surface area contributed by atoms with Crippen LogP contribution < -0.4 is 10.6 Å². The van der Waals surface area contributed by atoms with Crippen LogP contribution in [0.4, 0.5) is 11.6 Å². The lowest BCUT2D eigenvalue weighted by Crippen LogP contribution is -2.52. The molecule has 2 aromatic carbocycles. The van der Waals surface area contributed by atoms with E-state index in [0.29, 0.717) is 51.7 Å². The summed E-state index contributed by atoms with van der Waals surface area (Å²) in [6, 6.07) is 17.9. The van der Waals surface area contributed by atoms with Gasteiger partial charge in [-0.15, -0.1) is 0 Å². The second kappa shape index (κ2) is 19.9. The average Bonchev–Trinajstić information content (AvgIpc) is 4.21. The van der Waals surface area contributed by atoms with E-state index in [9.17, 15) is 14.7 Å². The van der Waals surface area contributed by atoms with Crippen molar-refractivity contribution in [3.63, 3.8) is 0 Å². The van der Waals surface area contributed by atoms with E-state index in [0.717, 1.165) is 0 Å². The fourth-order valence-electron chi connectivity index (χ4n) is 8.31. The van der Waals surface area contributed by atoms with E-state index in [2.05, 4.69) is 108 Å². The molecule has 71 heavy (non-hydrogen) atoms. The third kappa shape index (κ3) is 9.99. The van der Waals surface area contributed by atoms with Crippen molar-refractivity contribution in [1.29, 1.82) is 0 Å². The summed E-state index contributed by atoms with van der Waals surface area (Å²) in [4.78, 5) is 67.8. The molecule has 21 nitrogen and oxygen atoms in total. The van der Waals surface area contributed by atoms with Gasteiger partial charge in [0.25, 0.3) is 11.8 Å². The van der Waals surface area contributed by atoms with Crippen LogP contribution >= 0.6 is 0 Å². The summed E-state index contributed by atoms with van der Waals surface area (Å²) in [7, 11) is -4.17. The number of ether oxygens (including phenoxy) is 4. The maximum atomic E-state index is 12.7. The number of aromatic nitrogens is 8. The first kappa shape index (κ1) is 51.4. The number of anilines is 2. The van der Waals surface area contributed by atoms with Gasteiger partial charge in [0.15, 0.2) is 63.1 Å². The Labute approximate surface area is 412 Å². The molecule has 0 saturated carbocycles. The number of hydrogen-bond donors (Lipinski definition) is 3. The summed E-state index contributed by atoms with van der Waals surface area (Å²) in [6.45, 7) is 22.6. The second-order valence-electron chi connectivity index (χ2n) is 20.8. The SMILES string of the molecule is CC(C)(C)[Si](C)(C)O[C@@H]1C2OC[C@@H]1O[C@H]2n1cnc2c(NC(=O)c3ccccc3)ncnc21.CC(C)(C)[Si](C)(C)O[C@@H]1C2OC[C@]1(CO)O[C@H]2n1cnc2c(NC(=O)c3ccccc3)ncnc21.O=C=O. The molecule has 4 aromatic heterocycles. The van der Waals surface area contributed by atoms with Crippen molar-refractivity contribution < 1.29 is 52.1 Å². The summed E-state index contributed by atoms with van der Waals surface area (Å²) < 4.78 is 41.9. The maximum Gasteiger partial charge on any atom is 0.373 e. The van der Waals surface area contributed by atoms with Crippen molar-refractivity contribution in [1.82, 2.24) is 39.0 Å². The zero-order valence-electron chi connectivity index (χ0n) is 41.4. The molecule has 2 amide bonds. The minimum Gasteiger partial charge on any atom is -0.408 e. The summed E-state index contributed by atoms with van der Waals surface area (Å²) in [5, 5.41) is 16.1. The van der Waals surface area contributed by atoms with Gasteiger partial charge in [0.05, 0.1) is 32.5 Å². The van der Waals surface area contributed by atoms with Crippen molar-refractivity contribution in [2.75, 3.05) is 30.5 Å². The number of amides is 2. The lowest BCUT2D eigenvalue weighted by atomic mass is 10.0.